The van der Waals surface area contributed by atoms with E-state index in [1.165, 1.54) is 3.97 Å². The van der Waals surface area contributed by atoms with Gasteiger partial charge >= 0.3 is 0 Å². The van der Waals surface area contributed by atoms with Gasteiger partial charge in [-0.3, -0.25) is 4.57 Å². The first-order valence-corrected chi connectivity index (χ1v) is 13.6. The highest BCUT2D eigenvalue weighted by molar-refractivity contribution is 7.99. The number of thioether (sulfide) groups is 1. The molecule has 0 fully saturated rings. The summed E-state index contributed by atoms with van der Waals surface area (Å²) in [5, 5.41) is 10.5. The summed E-state index contributed by atoms with van der Waals surface area (Å²) in [4.78, 5) is 0.225. The molecule has 35 heavy (non-hydrogen) atoms. The summed E-state index contributed by atoms with van der Waals surface area (Å²) in [5.74, 6) is 2.21. The van der Waals surface area contributed by atoms with E-state index in [9.17, 15) is 8.42 Å². The van der Waals surface area contributed by atoms with Crippen molar-refractivity contribution in [3.63, 3.8) is 0 Å². The van der Waals surface area contributed by atoms with Crippen molar-refractivity contribution in [2.45, 2.75) is 23.4 Å². The molecule has 0 amide bonds. The Bertz CT molecular complexity index is 1570. The van der Waals surface area contributed by atoms with Crippen LogP contribution in [0.3, 0.4) is 0 Å². The van der Waals surface area contributed by atoms with Crippen molar-refractivity contribution < 1.29 is 13.2 Å². The normalized spacial score (nSPS) is 11.7. The minimum atomic E-state index is -3.81. The molecule has 2 aromatic heterocycles. The number of methoxy groups -OCH3 is 1. The predicted molar refractivity (Wildman–Crippen MR) is 139 cm³/mol. The molecule has 9 heteroatoms. The zero-order chi connectivity index (χ0) is 24.4. The molecule has 0 spiro atoms. The van der Waals surface area contributed by atoms with Crippen LogP contribution in [0.1, 0.15) is 13.3 Å². The molecule has 0 radical (unpaired) electrons. The molecule has 0 N–H and O–H groups in total. The molecule has 0 aliphatic carbocycles. The Labute approximate surface area is 208 Å². The first kappa shape index (κ1) is 23.2. The first-order chi connectivity index (χ1) is 17.0. The lowest BCUT2D eigenvalue weighted by atomic mass is 10.1. The van der Waals surface area contributed by atoms with E-state index in [0.717, 1.165) is 34.2 Å². The standard InChI is InChI=1S/C26H24N4O3S2/c1-3-17-34-26-28-27-25(30(26)19-13-15-20(33-2)16-14-19)23-18-29(24-12-8-7-11-22(23)24)35(31,32)21-9-5-4-6-10-21/h4-16,18H,3,17H2,1-2H3. The Morgan fingerprint density at radius 3 is 2.34 bits per heavy atom. The van der Waals surface area contributed by atoms with Crippen LogP contribution < -0.4 is 4.74 Å². The molecule has 0 aliphatic heterocycles. The van der Waals surface area contributed by atoms with Gasteiger partial charge in [-0.1, -0.05) is 55.1 Å². The van der Waals surface area contributed by atoms with Crippen LogP contribution in [0.15, 0.2) is 95.1 Å². The number of para-hydroxylation sites is 1. The maximum Gasteiger partial charge on any atom is 0.268 e. The topological polar surface area (TPSA) is 79.0 Å². The third-order valence-electron chi connectivity index (χ3n) is 5.62. The van der Waals surface area contributed by atoms with Gasteiger partial charge in [-0.2, -0.15) is 0 Å². The third kappa shape index (κ3) is 4.21. The van der Waals surface area contributed by atoms with Crippen LogP contribution in [-0.4, -0.2) is 40.0 Å². The van der Waals surface area contributed by atoms with E-state index >= 15 is 0 Å². The number of nitrogens with zero attached hydrogens (tertiary/aromatic N) is 4. The van der Waals surface area contributed by atoms with Crippen molar-refractivity contribution in [3.8, 4) is 22.8 Å². The van der Waals surface area contributed by atoms with Gasteiger partial charge in [0.1, 0.15) is 5.75 Å². The van der Waals surface area contributed by atoms with Crippen LogP contribution in [-0.2, 0) is 10.0 Å². The molecule has 5 rings (SSSR count). The highest BCUT2D eigenvalue weighted by Gasteiger charge is 2.25. The lowest BCUT2D eigenvalue weighted by Gasteiger charge is -2.10. The molecule has 0 bridgehead atoms. The summed E-state index contributed by atoms with van der Waals surface area (Å²) in [6.45, 7) is 2.12. The van der Waals surface area contributed by atoms with E-state index in [0.29, 0.717) is 16.9 Å². The lowest BCUT2D eigenvalue weighted by Crippen LogP contribution is -2.11. The number of hydrogen-bond donors (Lipinski definition) is 0. The number of rotatable bonds is 8. The Hall–Kier alpha value is -3.56. The van der Waals surface area contributed by atoms with E-state index < -0.39 is 10.0 Å². The molecular formula is C26H24N4O3S2. The zero-order valence-electron chi connectivity index (χ0n) is 19.3. The number of fused-ring (bicyclic) bond motifs is 1. The van der Waals surface area contributed by atoms with Gasteiger partial charge < -0.3 is 4.74 Å². The van der Waals surface area contributed by atoms with Gasteiger partial charge in [0.15, 0.2) is 11.0 Å². The Morgan fingerprint density at radius 2 is 1.63 bits per heavy atom. The van der Waals surface area contributed by atoms with E-state index in [2.05, 4.69) is 17.1 Å². The summed E-state index contributed by atoms with van der Waals surface area (Å²) in [7, 11) is -2.18. The quantitative estimate of drug-likeness (QED) is 0.255. The molecule has 0 saturated heterocycles. The first-order valence-electron chi connectivity index (χ1n) is 11.2. The van der Waals surface area contributed by atoms with Crippen LogP contribution in [0.2, 0.25) is 0 Å². The second kappa shape index (κ2) is 9.59. The van der Waals surface area contributed by atoms with Crippen LogP contribution in [0.5, 0.6) is 5.75 Å². The van der Waals surface area contributed by atoms with Gasteiger partial charge in [-0.05, 0) is 48.9 Å². The predicted octanol–water partition coefficient (Wildman–Crippen LogP) is 5.64. The van der Waals surface area contributed by atoms with E-state index in [4.69, 9.17) is 4.74 Å². The van der Waals surface area contributed by atoms with Crippen molar-refractivity contribution in [1.82, 2.24) is 18.7 Å². The second-order valence-corrected chi connectivity index (χ2v) is 10.7. The maximum atomic E-state index is 13.6. The Kier molecular flexibility index (Phi) is 6.36. The monoisotopic (exact) mass is 504 g/mol. The van der Waals surface area contributed by atoms with Crippen LogP contribution in [0.25, 0.3) is 28.0 Å². The average molecular weight is 505 g/mol. The molecule has 3 aromatic carbocycles. The minimum Gasteiger partial charge on any atom is -0.497 e. The highest BCUT2D eigenvalue weighted by Crippen LogP contribution is 2.35. The summed E-state index contributed by atoms with van der Waals surface area (Å²) in [6, 6.07) is 23.5. The van der Waals surface area contributed by atoms with Gasteiger partial charge in [-0.15, -0.1) is 10.2 Å². The fourth-order valence-corrected chi connectivity index (χ4v) is 6.13. The molecule has 178 valence electrons. The van der Waals surface area contributed by atoms with Gasteiger partial charge in [0.05, 0.1) is 17.5 Å². The van der Waals surface area contributed by atoms with Crippen molar-refractivity contribution >= 4 is 32.7 Å². The number of aromatic nitrogens is 4. The molecule has 7 nitrogen and oxygen atoms in total. The third-order valence-corrected chi connectivity index (χ3v) is 8.44. The SMILES string of the molecule is CCCSc1nnc(-c2cn(S(=O)(=O)c3ccccc3)c3ccccc23)n1-c1ccc(OC)cc1. The average Bonchev–Trinajstić information content (AvgIpc) is 3.50. The van der Waals surface area contributed by atoms with Crippen molar-refractivity contribution in [1.29, 1.82) is 0 Å². The highest BCUT2D eigenvalue weighted by atomic mass is 32.2. The molecular weight excluding hydrogens is 480 g/mol. The summed E-state index contributed by atoms with van der Waals surface area (Å²) in [5.41, 5.74) is 2.14. The van der Waals surface area contributed by atoms with Gasteiger partial charge in [0, 0.05) is 28.6 Å². The summed E-state index contributed by atoms with van der Waals surface area (Å²) >= 11 is 1.61. The van der Waals surface area contributed by atoms with Gasteiger partial charge in [0.25, 0.3) is 10.0 Å². The molecule has 5 aromatic rings. The van der Waals surface area contributed by atoms with Crippen LogP contribution in [0, 0.1) is 0 Å². The Morgan fingerprint density at radius 1 is 0.914 bits per heavy atom. The largest absolute Gasteiger partial charge is 0.497 e. The molecule has 0 aliphatic rings. The summed E-state index contributed by atoms with van der Waals surface area (Å²) < 4.78 is 35.8. The van der Waals surface area contributed by atoms with E-state index in [-0.39, 0.29) is 4.90 Å². The van der Waals surface area contributed by atoms with Gasteiger partial charge in [0.2, 0.25) is 0 Å². The molecule has 0 atom stereocenters. The number of ether oxygens (including phenoxy) is 1. The molecule has 2 heterocycles. The zero-order valence-corrected chi connectivity index (χ0v) is 21.0. The minimum absolute atomic E-state index is 0.225. The fraction of sp³-hybridized carbons (Fsp3) is 0.154. The molecule has 0 unspecified atom stereocenters. The molecule has 0 saturated carbocycles. The van der Waals surface area contributed by atoms with Crippen molar-refractivity contribution in [3.05, 3.63) is 85.1 Å². The van der Waals surface area contributed by atoms with Crippen LogP contribution >= 0.6 is 11.8 Å². The van der Waals surface area contributed by atoms with E-state index in [1.807, 2.05) is 47.0 Å². The Balaban J connectivity index is 1.74. The second-order valence-electron chi connectivity index (χ2n) is 7.86. The number of hydrogen-bond acceptors (Lipinski definition) is 6. The lowest BCUT2D eigenvalue weighted by molar-refractivity contribution is 0.414. The van der Waals surface area contributed by atoms with Gasteiger partial charge in [-0.25, -0.2) is 12.4 Å². The van der Waals surface area contributed by atoms with Crippen molar-refractivity contribution in [2.75, 3.05) is 12.9 Å². The smallest absolute Gasteiger partial charge is 0.268 e. The number of benzene rings is 3. The van der Waals surface area contributed by atoms with E-state index in [1.54, 1.807) is 61.5 Å². The van der Waals surface area contributed by atoms with Crippen LogP contribution in [0.4, 0.5) is 0 Å². The summed E-state index contributed by atoms with van der Waals surface area (Å²) in [6.07, 6.45) is 2.63. The fourth-order valence-electron chi connectivity index (χ4n) is 3.93. The van der Waals surface area contributed by atoms with Crippen molar-refractivity contribution in [2.24, 2.45) is 0 Å². The maximum absolute atomic E-state index is 13.6.